The van der Waals surface area contributed by atoms with Crippen molar-refractivity contribution in [1.29, 1.82) is 0 Å². The molecule has 1 aromatic carbocycles. The molecular formula is C16H18N2O4S3. The van der Waals surface area contributed by atoms with Crippen LogP contribution in [0.1, 0.15) is 24.5 Å². The first-order chi connectivity index (χ1) is 11.8. The van der Waals surface area contributed by atoms with Crippen LogP contribution in [0.3, 0.4) is 0 Å². The fraction of sp³-hybridized carbons (Fsp3) is 0.375. The molecule has 1 fully saturated rings. The number of fused-ring (bicyclic) bond motifs is 1. The van der Waals surface area contributed by atoms with E-state index in [0.29, 0.717) is 15.6 Å². The lowest BCUT2D eigenvalue weighted by Gasteiger charge is -2.13. The van der Waals surface area contributed by atoms with Crippen LogP contribution in [0.25, 0.3) is 5.57 Å². The van der Waals surface area contributed by atoms with Gasteiger partial charge in [0.1, 0.15) is 4.32 Å². The van der Waals surface area contributed by atoms with Gasteiger partial charge in [-0.25, -0.2) is 0 Å². The lowest BCUT2D eigenvalue weighted by atomic mass is 9.99. The zero-order chi connectivity index (χ0) is 18.2. The number of rotatable bonds is 5. The Labute approximate surface area is 156 Å². The van der Waals surface area contributed by atoms with Crippen molar-refractivity contribution in [3.8, 4) is 0 Å². The third-order valence-corrected chi connectivity index (χ3v) is 6.40. The molecule has 3 rings (SSSR count). The molecule has 0 bridgehead atoms. The van der Waals surface area contributed by atoms with Crippen LogP contribution in [-0.2, 0) is 21.3 Å². The number of carbonyl (C=O) groups is 1. The van der Waals surface area contributed by atoms with Gasteiger partial charge < -0.3 is 5.32 Å². The summed E-state index contributed by atoms with van der Waals surface area (Å²) in [5.74, 6) is -0.826. The van der Waals surface area contributed by atoms with E-state index in [9.17, 15) is 13.2 Å². The first kappa shape index (κ1) is 18.4. The van der Waals surface area contributed by atoms with Crippen LogP contribution in [0.4, 0.5) is 5.69 Å². The minimum absolute atomic E-state index is 0.141. The van der Waals surface area contributed by atoms with Gasteiger partial charge in [-0.15, -0.1) is 0 Å². The predicted molar refractivity (Wildman–Crippen MR) is 104 cm³/mol. The SMILES string of the molecule is CCC(=C1SC(=S)N(CCS(=O)(=O)O)C1=O)c1ccc2c(c1)CCN2. The Morgan fingerprint density at radius 3 is 2.88 bits per heavy atom. The van der Waals surface area contributed by atoms with E-state index in [-0.39, 0.29) is 12.5 Å². The van der Waals surface area contributed by atoms with Gasteiger partial charge in [-0.1, -0.05) is 37.0 Å². The van der Waals surface area contributed by atoms with Crippen LogP contribution in [0.15, 0.2) is 23.1 Å². The molecule has 2 aliphatic rings. The minimum atomic E-state index is -4.15. The summed E-state index contributed by atoms with van der Waals surface area (Å²) in [6, 6.07) is 6.10. The number of nitrogens with one attached hydrogen (secondary N) is 1. The van der Waals surface area contributed by atoms with E-state index in [4.69, 9.17) is 16.8 Å². The number of thioether (sulfide) groups is 1. The van der Waals surface area contributed by atoms with Gasteiger partial charge in [-0.2, -0.15) is 8.42 Å². The van der Waals surface area contributed by atoms with Gasteiger partial charge in [0.15, 0.2) is 0 Å². The smallest absolute Gasteiger partial charge is 0.266 e. The highest BCUT2D eigenvalue weighted by Crippen LogP contribution is 2.39. The number of thiocarbonyl (C=S) groups is 1. The number of hydrogen-bond donors (Lipinski definition) is 2. The summed E-state index contributed by atoms with van der Waals surface area (Å²) in [4.78, 5) is 14.5. The van der Waals surface area contributed by atoms with E-state index < -0.39 is 15.9 Å². The van der Waals surface area contributed by atoms with Crippen molar-refractivity contribution in [2.45, 2.75) is 19.8 Å². The van der Waals surface area contributed by atoms with E-state index in [1.807, 2.05) is 19.1 Å². The molecule has 1 saturated heterocycles. The fourth-order valence-corrected chi connectivity index (χ4v) is 4.85. The maximum absolute atomic E-state index is 12.7. The van der Waals surface area contributed by atoms with E-state index in [0.717, 1.165) is 29.8 Å². The Morgan fingerprint density at radius 2 is 2.20 bits per heavy atom. The van der Waals surface area contributed by atoms with Gasteiger partial charge in [0, 0.05) is 18.8 Å². The maximum atomic E-state index is 12.7. The van der Waals surface area contributed by atoms with Crippen molar-refractivity contribution in [3.05, 3.63) is 34.2 Å². The highest BCUT2D eigenvalue weighted by Gasteiger charge is 2.34. The Balaban J connectivity index is 1.92. The second-order valence-electron chi connectivity index (χ2n) is 5.82. The van der Waals surface area contributed by atoms with E-state index >= 15 is 0 Å². The number of anilines is 1. The molecular weight excluding hydrogens is 380 g/mol. The van der Waals surface area contributed by atoms with E-state index in [1.54, 1.807) is 0 Å². The van der Waals surface area contributed by atoms with Crippen molar-refractivity contribution >= 4 is 55.6 Å². The topological polar surface area (TPSA) is 86.7 Å². The van der Waals surface area contributed by atoms with E-state index in [1.165, 1.54) is 22.2 Å². The summed E-state index contributed by atoms with van der Waals surface area (Å²) in [6.07, 6.45) is 1.62. The largest absolute Gasteiger partial charge is 0.384 e. The highest BCUT2D eigenvalue weighted by molar-refractivity contribution is 8.26. The zero-order valence-electron chi connectivity index (χ0n) is 13.6. The molecule has 6 nitrogen and oxygen atoms in total. The minimum Gasteiger partial charge on any atom is -0.384 e. The number of carbonyl (C=O) groups excluding carboxylic acids is 1. The number of allylic oxidation sites excluding steroid dienone is 1. The van der Waals surface area contributed by atoms with Gasteiger partial charge in [-0.05, 0) is 41.7 Å². The zero-order valence-corrected chi connectivity index (χ0v) is 16.1. The number of amides is 1. The van der Waals surface area contributed by atoms with Gasteiger partial charge in [0.05, 0.1) is 10.7 Å². The average Bonchev–Trinajstić information content (AvgIpc) is 3.11. The Kier molecular flexibility index (Phi) is 5.19. The second-order valence-corrected chi connectivity index (χ2v) is 9.04. The third kappa shape index (κ3) is 3.89. The lowest BCUT2D eigenvalue weighted by Crippen LogP contribution is -2.33. The molecule has 0 radical (unpaired) electrons. The first-order valence-corrected chi connectivity index (χ1v) is 10.7. The van der Waals surface area contributed by atoms with Gasteiger partial charge in [-0.3, -0.25) is 14.2 Å². The molecule has 2 aliphatic heterocycles. The van der Waals surface area contributed by atoms with Crippen molar-refractivity contribution < 1.29 is 17.8 Å². The molecule has 0 spiro atoms. The normalized spacial score (nSPS) is 19.2. The maximum Gasteiger partial charge on any atom is 0.266 e. The third-order valence-electron chi connectivity index (χ3n) is 4.21. The van der Waals surface area contributed by atoms with Crippen LogP contribution < -0.4 is 5.32 Å². The van der Waals surface area contributed by atoms with Crippen molar-refractivity contribution in [2.24, 2.45) is 0 Å². The van der Waals surface area contributed by atoms with Crippen molar-refractivity contribution in [3.63, 3.8) is 0 Å². The Hall–Kier alpha value is -1.42. The summed E-state index contributed by atoms with van der Waals surface area (Å²) >= 11 is 6.42. The highest BCUT2D eigenvalue weighted by atomic mass is 32.2. The molecule has 0 unspecified atom stereocenters. The average molecular weight is 399 g/mol. The monoisotopic (exact) mass is 398 g/mol. The summed E-state index contributed by atoms with van der Waals surface area (Å²) in [5, 5.41) is 3.31. The molecule has 1 aromatic rings. The summed E-state index contributed by atoms with van der Waals surface area (Å²) in [7, 11) is -4.15. The molecule has 0 saturated carbocycles. The van der Waals surface area contributed by atoms with Crippen molar-refractivity contribution in [2.75, 3.05) is 24.2 Å². The number of hydrogen-bond acceptors (Lipinski definition) is 6. The fourth-order valence-electron chi connectivity index (χ4n) is 2.97. The Bertz CT molecular complexity index is 877. The summed E-state index contributed by atoms with van der Waals surface area (Å²) in [6.45, 7) is 2.75. The quantitative estimate of drug-likeness (QED) is 0.448. The molecule has 134 valence electrons. The van der Waals surface area contributed by atoms with Crippen LogP contribution in [-0.4, -0.2) is 46.9 Å². The molecule has 2 heterocycles. The van der Waals surface area contributed by atoms with Gasteiger partial charge >= 0.3 is 0 Å². The molecule has 9 heteroatoms. The predicted octanol–water partition coefficient (Wildman–Crippen LogP) is 2.52. The molecule has 0 aromatic heterocycles. The molecule has 25 heavy (non-hydrogen) atoms. The lowest BCUT2D eigenvalue weighted by molar-refractivity contribution is -0.121. The number of benzene rings is 1. The van der Waals surface area contributed by atoms with Crippen LogP contribution in [0.5, 0.6) is 0 Å². The Morgan fingerprint density at radius 1 is 1.44 bits per heavy atom. The van der Waals surface area contributed by atoms with Crippen LogP contribution in [0.2, 0.25) is 0 Å². The van der Waals surface area contributed by atoms with Crippen molar-refractivity contribution in [1.82, 2.24) is 4.90 Å². The van der Waals surface area contributed by atoms with Crippen LogP contribution in [0, 0.1) is 0 Å². The van der Waals surface area contributed by atoms with Gasteiger partial charge in [0.2, 0.25) is 0 Å². The van der Waals surface area contributed by atoms with E-state index in [2.05, 4.69) is 11.4 Å². The van der Waals surface area contributed by atoms with Crippen LogP contribution >= 0.6 is 24.0 Å². The van der Waals surface area contributed by atoms with Gasteiger partial charge in [0.25, 0.3) is 16.0 Å². The molecule has 2 N–H and O–H groups in total. The first-order valence-electron chi connectivity index (χ1n) is 7.89. The summed E-state index contributed by atoms with van der Waals surface area (Å²) < 4.78 is 31.1. The molecule has 0 aliphatic carbocycles. The number of nitrogens with zero attached hydrogens (tertiary/aromatic N) is 1. The second kappa shape index (κ2) is 7.06. The molecule has 0 atom stereocenters. The standard InChI is InChI=1S/C16H18N2O4S3/c1-2-12(10-3-4-13-11(9-10)5-6-17-13)14-15(19)18(16(23)24-14)7-8-25(20,21)22/h3-4,9,17H,2,5-8H2,1H3,(H,20,21,22). The molecule has 1 amide bonds. The summed E-state index contributed by atoms with van der Waals surface area (Å²) in [5.41, 5.74) is 4.24.